The van der Waals surface area contributed by atoms with Crippen LogP contribution in [0.15, 0.2) is 29.2 Å². The van der Waals surface area contributed by atoms with E-state index < -0.39 is 33.8 Å². The van der Waals surface area contributed by atoms with Crippen molar-refractivity contribution in [1.82, 2.24) is 20.1 Å². The molecule has 0 aliphatic carbocycles. The summed E-state index contributed by atoms with van der Waals surface area (Å²) in [6.07, 6.45) is -0.125. The van der Waals surface area contributed by atoms with Gasteiger partial charge in [0.2, 0.25) is 15.9 Å². The number of nitrogens with one attached hydrogen (secondary N) is 3. The van der Waals surface area contributed by atoms with Gasteiger partial charge in [-0.05, 0) is 43.2 Å². The van der Waals surface area contributed by atoms with E-state index in [0.717, 1.165) is 15.6 Å². The van der Waals surface area contributed by atoms with Crippen molar-refractivity contribution in [3.05, 3.63) is 45.8 Å². The third-order valence-electron chi connectivity index (χ3n) is 5.28. The van der Waals surface area contributed by atoms with Crippen molar-refractivity contribution in [2.24, 2.45) is 0 Å². The van der Waals surface area contributed by atoms with Crippen LogP contribution in [0.2, 0.25) is 0 Å². The van der Waals surface area contributed by atoms with Gasteiger partial charge in [0.05, 0.1) is 23.6 Å². The van der Waals surface area contributed by atoms with Crippen LogP contribution < -0.4 is 16.2 Å². The van der Waals surface area contributed by atoms with Gasteiger partial charge in [0, 0.05) is 38.0 Å². The van der Waals surface area contributed by atoms with E-state index in [4.69, 9.17) is 4.74 Å². The molecule has 4 amide bonds. The number of nitrogens with zero attached hydrogens (tertiary/aromatic N) is 2. The molecule has 12 nitrogen and oxygen atoms in total. The number of sulfonamides is 1. The van der Waals surface area contributed by atoms with Crippen molar-refractivity contribution >= 4 is 50.2 Å². The smallest absolute Gasteiger partial charge is 0.410 e. The van der Waals surface area contributed by atoms with Gasteiger partial charge in [-0.1, -0.05) is 0 Å². The van der Waals surface area contributed by atoms with Crippen LogP contribution in [0, 0.1) is 0 Å². The largest absolute Gasteiger partial charge is 0.450 e. The number of benzene rings is 1. The molecule has 0 fully saturated rings. The molecule has 14 heteroatoms. The van der Waals surface area contributed by atoms with Gasteiger partial charge < -0.3 is 15.0 Å². The molecule has 36 heavy (non-hydrogen) atoms. The number of anilines is 1. The van der Waals surface area contributed by atoms with Crippen LogP contribution in [0.3, 0.4) is 0 Å². The summed E-state index contributed by atoms with van der Waals surface area (Å²) in [6.45, 7) is 3.69. The van der Waals surface area contributed by atoms with Crippen molar-refractivity contribution in [3.63, 3.8) is 0 Å². The molecule has 0 saturated carbocycles. The fourth-order valence-electron chi connectivity index (χ4n) is 3.47. The summed E-state index contributed by atoms with van der Waals surface area (Å²) < 4.78 is 30.7. The summed E-state index contributed by atoms with van der Waals surface area (Å²) in [5, 5.41) is 2.95. The fraction of sp³-hybridized carbons (Fsp3) is 0.364. The molecule has 1 aromatic heterocycles. The minimum Gasteiger partial charge on any atom is -0.450 e. The number of hydrogen-bond acceptors (Lipinski definition) is 8. The first-order valence-corrected chi connectivity index (χ1v) is 13.2. The highest BCUT2D eigenvalue weighted by atomic mass is 32.2. The van der Waals surface area contributed by atoms with Crippen LogP contribution in [-0.4, -0.2) is 68.7 Å². The third kappa shape index (κ3) is 5.83. The number of ether oxygens (including phenoxy) is 1. The van der Waals surface area contributed by atoms with Gasteiger partial charge in [-0.25, -0.2) is 17.5 Å². The summed E-state index contributed by atoms with van der Waals surface area (Å²) in [4.78, 5) is 51.6. The lowest BCUT2D eigenvalue weighted by molar-refractivity contribution is -0.119. The molecule has 0 spiro atoms. The predicted molar refractivity (Wildman–Crippen MR) is 132 cm³/mol. The van der Waals surface area contributed by atoms with E-state index in [1.807, 2.05) is 0 Å². The minimum absolute atomic E-state index is 0.0325. The zero-order chi connectivity index (χ0) is 26.6. The van der Waals surface area contributed by atoms with Crippen LogP contribution in [0.25, 0.3) is 0 Å². The predicted octanol–water partition coefficient (Wildman–Crippen LogP) is 1.55. The lowest BCUT2D eigenvalue weighted by Crippen LogP contribution is -2.41. The number of hydrogen-bond donors (Lipinski definition) is 3. The highest BCUT2D eigenvalue weighted by Crippen LogP contribution is 2.37. The van der Waals surface area contributed by atoms with E-state index in [1.165, 1.54) is 50.2 Å². The fourth-order valence-corrected chi connectivity index (χ4v) is 5.63. The molecule has 3 rings (SSSR count). The number of thiophene rings is 1. The second-order valence-electron chi connectivity index (χ2n) is 7.98. The number of carbonyl (C=O) groups excluding carboxylic acids is 4. The number of carbonyl (C=O) groups is 4. The van der Waals surface area contributed by atoms with E-state index in [2.05, 4.69) is 16.2 Å². The third-order valence-corrected chi connectivity index (χ3v) is 8.25. The van der Waals surface area contributed by atoms with Crippen molar-refractivity contribution in [2.75, 3.05) is 32.6 Å². The Morgan fingerprint density at radius 3 is 2.33 bits per heavy atom. The van der Waals surface area contributed by atoms with Gasteiger partial charge in [0.15, 0.2) is 0 Å². The number of rotatable bonds is 6. The average molecular weight is 538 g/mol. The lowest BCUT2D eigenvalue weighted by Gasteiger charge is -2.26. The Kier molecular flexibility index (Phi) is 8.32. The Bertz CT molecular complexity index is 1290. The van der Waals surface area contributed by atoms with Crippen LogP contribution in [0.1, 0.15) is 45.0 Å². The monoisotopic (exact) mass is 537 g/mol. The van der Waals surface area contributed by atoms with Crippen LogP contribution in [-0.2, 0) is 32.5 Å². The first-order chi connectivity index (χ1) is 16.9. The second-order valence-corrected chi connectivity index (χ2v) is 11.2. The Morgan fingerprint density at radius 1 is 1.08 bits per heavy atom. The van der Waals surface area contributed by atoms with Gasteiger partial charge in [0.25, 0.3) is 11.8 Å². The Balaban J connectivity index is 1.90. The summed E-state index contributed by atoms with van der Waals surface area (Å²) >= 11 is 1.14. The maximum atomic E-state index is 13.0. The minimum atomic E-state index is -3.65. The molecule has 0 unspecified atom stereocenters. The SMILES string of the molecule is CCOC(=O)N1CCc2c(sc(NC(=O)c3ccc(S(=O)(=O)N(C)C)cc3)c2C(=O)NNC(C)=O)C1. The Labute approximate surface area is 212 Å². The molecular weight excluding hydrogens is 510 g/mol. The highest BCUT2D eigenvalue weighted by molar-refractivity contribution is 7.89. The molecule has 1 aliphatic rings. The van der Waals surface area contributed by atoms with Crippen LogP contribution in [0.4, 0.5) is 9.80 Å². The van der Waals surface area contributed by atoms with Crippen molar-refractivity contribution < 1.29 is 32.3 Å². The van der Waals surface area contributed by atoms with E-state index in [1.54, 1.807) is 6.92 Å². The molecule has 0 saturated heterocycles. The summed E-state index contributed by atoms with van der Waals surface area (Å²) in [5.74, 6) is -1.65. The number of amides is 4. The second kappa shape index (κ2) is 11.1. The lowest BCUT2D eigenvalue weighted by atomic mass is 10.0. The molecule has 2 aromatic rings. The summed E-state index contributed by atoms with van der Waals surface area (Å²) in [7, 11) is -0.839. The van der Waals surface area contributed by atoms with Crippen molar-refractivity contribution in [3.8, 4) is 0 Å². The first kappa shape index (κ1) is 27.1. The molecule has 0 atom stereocenters. The zero-order valence-corrected chi connectivity index (χ0v) is 21.8. The zero-order valence-electron chi connectivity index (χ0n) is 20.2. The van der Waals surface area contributed by atoms with Gasteiger partial charge in [-0.2, -0.15) is 0 Å². The molecule has 0 radical (unpaired) electrons. The van der Waals surface area contributed by atoms with Crippen LogP contribution in [0.5, 0.6) is 0 Å². The molecule has 194 valence electrons. The van der Waals surface area contributed by atoms with Crippen LogP contribution >= 0.6 is 11.3 Å². The molecule has 2 heterocycles. The molecule has 1 aromatic carbocycles. The Hall–Kier alpha value is -3.49. The van der Waals surface area contributed by atoms with E-state index in [0.29, 0.717) is 23.4 Å². The molecule has 0 bridgehead atoms. The first-order valence-electron chi connectivity index (χ1n) is 10.9. The quantitative estimate of drug-likeness (QED) is 0.472. The Morgan fingerprint density at radius 2 is 1.75 bits per heavy atom. The van der Waals surface area contributed by atoms with E-state index in [-0.39, 0.29) is 34.2 Å². The standard InChI is InChI=1S/C22H27N5O7S2/c1-5-34-22(31)27-11-10-16-17(12-27)35-21(18(16)20(30)25-24-13(2)28)23-19(29)14-6-8-15(9-7-14)36(32,33)26(3)4/h6-9H,5,10-12H2,1-4H3,(H,23,29)(H,24,28)(H,25,30). The summed E-state index contributed by atoms with van der Waals surface area (Å²) in [5.41, 5.74) is 5.58. The van der Waals surface area contributed by atoms with E-state index >= 15 is 0 Å². The van der Waals surface area contributed by atoms with Gasteiger partial charge in [-0.15, -0.1) is 11.3 Å². The topological polar surface area (TPSA) is 154 Å². The maximum Gasteiger partial charge on any atom is 0.410 e. The van der Waals surface area contributed by atoms with E-state index in [9.17, 15) is 27.6 Å². The number of hydrazine groups is 1. The molecule has 3 N–H and O–H groups in total. The molecule has 1 aliphatic heterocycles. The maximum absolute atomic E-state index is 13.0. The average Bonchev–Trinajstić information content (AvgIpc) is 3.19. The van der Waals surface area contributed by atoms with Gasteiger partial charge >= 0.3 is 6.09 Å². The summed E-state index contributed by atoms with van der Waals surface area (Å²) in [6, 6.07) is 5.40. The van der Waals surface area contributed by atoms with Gasteiger partial charge in [-0.3, -0.25) is 25.2 Å². The van der Waals surface area contributed by atoms with Crippen molar-refractivity contribution in [2.45, 2.75) is 31.7 Å². The normalized spacial score (nSPS) is 13.1. The van der Waals surface area contributed by atoms with Crippen molar-refractivity contribution in [1.29, 1.82) is 0 Å². The molecular formula is C22H27N5O7S2. The van der Waals surface area contributed by atoms with Gasteiger partial charge in [0.1, 0.15) is 5.00 Å². The highest BCUT2D eigenvalue weighted by Gasteiger charge is 2.31. The number of fused-ring (bicyclic) bond motifs is 1.